The zero-order chi connectivity index (χ0) is 19.3. The highest BCUT2D eigenvalue weighted by molar-refractivity contribution is 7.99. The molecule has 0 atom stereocenters. The van der Waals surface area contributed by atoms with Crippen LogP contribution in [0.3, 0.4) is 0 Å². The second kappa shape index (κ2) is 8.35. The van der Waals surface area contributed by atoms with Crippen molar-refractivity contribution in [2.45, 2.75) is 18.6 Å². The number of fused-ring (bicyclic) bond motifs is 1. The van der Waals surface area contributed by atoms with Gasteiger partial charge >= 0.3 is 0 Å². The van der Waals surface area contributed by atoms with E-state index in [9.17, 15) is 4.79 Å². The molecule has 2 aromatic carbocycles. The lowest BCUT2D eigenvalue weighted by molar-refractivity contribution is -0.113. The predicted octanol–water partition coefficient (Wildman–Crippen LogP) is 3.14. The molecule has 0 fully saturated rings. The molecule has 7 nitrogen and oxygen atoms in total. The predicted molar refractivity (Wildman–Crippen MR) is 107 cm³/mol. The van der Waals surface area contributed by atoms with Crippen molar-refractivity contribution in [1.82, 2.24) is 14.8 Å². The molecule has 0 saturated heterocycles. The summed E-state index contributed by atoms with van der Waals surface area (Å²) in [7, 11) is 0. The van der Waals surface area contributed by atoms with Crippen molar-refractivity contribution in [3.05, 3.63) is 59.9 Å². The lowest BCUT2D eigenvalue weighted by atomic mass is 10.2. The summed E-state index contributed by atoms with van der Waals surface area (Å²) in [5.41, 5.74) is 1.84. The van der Waals surface area contributed by atoms with Gasteiger partial charge in [-0.3, -0.25) is 4.79 Å². The Hall–Kier alpha value is -3.00. The van der Waals surface area contributed by atoms with Crippen molar-refractivity contribution in [3.8, 4) is 11.5 Å². The molecule has 1 aliphatic rings. The molecular weight excluding hydrogens is 376 g/mol. The molecule has 1 aliphatic heterocycles. The van der Waals surface area contributed by atoms with Gasteiger partial charge in [-0.05, 0) is 24.6 Å². The maximum Gasteiger partial charge on any atom is 0.234 e. The van der Waals surface area contributed by atoms with E-state index in [-0.39, 0.29) is 11.7 Å². The van der Waals surface area contributed by atoms with E-state index in [1.807, 2.05) is 29.7 Å². The van der Waals surface area contributed by atoms with Gasteiger partial charge in [-0.25, -0.2) is 0 Å². The third-order valence-corrected chi connectivity index (χ3v) is 5.21. The van der Waals surface area contributed by atoms with Crippen LogP contribution in [0, 0.1) is 6.92 Å². The number of aromatic nitrogens is 3. The summed E-state index contributed by atoms with van der Waals surface area (Å²) in [6.07, 6.45) is 0. The summed E-state index contributed by atoms with van der Waals surface area (Å²) < 4.78 is 13.1. The Bertz CT molecular complexity index is 975. The topological polar surface area (TPSA) is 78.3 Å². The van der Waals surface area contributed by atoms with E-state index in [2.05, 4.69) is 27.6 Å². The van der Waals surface area contributed by atoms with E-state index < -0.39 is 0 Å². The average molecular weight is 396 g/mol. The molecular formula is C20H20N4O3S. The van der Waals surface area contributed by atoms with Crippen LogP contribution in [0.25, 0.3) is 0 Å². The fraction of sp³-hybridized carbons (Fsp3) is 0.250. The Balaban J connectivity index is 1.37. The smallest absolute Gasteiger partial charge is 0.234 e. The number of thioether (sulfide) groups is 1. The number of nitrogens with zero attached hydrogens (tertiary/aromatic N) is 3. The van der Waals surface area contributed by atoms with Crippen LogP contribution in [-0.4, -0.2) is 39.6 Å². The number of anilines is 1. The van der Waals surface area contributed by atoms with Crippen molar-refractivity contribution in [3.63, 3.8) is 0 Å². The minimum Gasteiger partial charge on any atom is -0.486 e. The van der Waals surface area contributed by atoms with E-state index in [1.165, 1.54) is 11.8 Å². The lowest BCUT2D eigenvalue weighted by Crippen LogP contribution is -2.17. The largest absolute Gasteiger partial charge is 0.486 e. The molecule has 1 amide bonds. The fourth-order valence-electron chi connectivity index (χ4n) is 2.86. The SMILES string of the molecule is Cc1nnc(SCC(=O)Nc2ccc3c(c2)OCCO3)n1Cc1ccccc1. The van der Waals surface area contributed by atoms with E-state index in [4.69, 9.17) is 9.47 Å². The first-order valence-electron chi connectivity index (χ1n) is 8.95. The first-order chi connectivity index (χ1) is 13.7. The number of hydrogen-bond donors (Lipinski definition) is 1. The van der Waals surface area contributed by atoms with Gasteiger partial charge in [0, 0.05) is 11.8 Å². The van der Waals surface area contributed by atoms with Gasteiger partial charge in [0.05, 0.1) is 12.3 Å². The Kier molecular flexibility index (Phi) is 5.48. The van der Waals surface area contributed by atoms with Gasteiger partial charge in [-0.1, -0.05) is 42.1 Å². The van der Waals surface area contributed by atoms with Gasteiger partial charge < -0.3 is 19.4 Å². The standard InChI is InChI=1S/C20H20N4O3S/c1-14-22-23-20(24(14)12-15-5-3-2-4-6-15)28-13-19(25)21-16-7-8-17-18(11-16)27-10-9-26-17/h2-8,11H,9-10,12-13H2,1H3,(H,21,25). The van der Waals surface area contributed by atoms with Crippen LogP contribution in [0.2, 0.25) is 0 Å². The molecule has 0 bridgehead atoms. The van der Waals surface area contributed by atoms with Crippen LogP contribution in [-0.2, 0) is 11.3 Å². The molecule has 144 valence electrons. The van der Waals surface area contributed by atoms with Crippen molar-refractivity contribution >= 4 is 23.4 Å². The molecule has 0 aliphatic carbocycles. The monoisotopic (exact) mass is 396 g/mol. The van der Waals surface area contributed by atoms with Crippen LogP contribution in [0.1, 0.15) is 11.4 Å². The van der Waals surface area contributed by atoms with Crippen molar-refractivity contribution in [1.29, 1.82) is 0 Å². The number of nitrogens with one attached hydrogen (secondary N) is 1. The Morgan fingerprint density at radius 1 is 1.11 bits per heavy atom. The van der Waals surface area contributed by atoms with E-state index in [1.54, 1.807) is 18.2 Å². The molecule has 3 aromatic rings. The molecule has 8 heteroatoms. The molecule has 2 heterocycles. The zero-order valence-corrected chi connectivity index (χ0v) is 16.2. The van der Waals surface area contributed by atoms with E-state index in [0.717, 1.165) is 16.5 Å². The summed E-state index contributed by atoms with van der Waals surface area (Å²) in [5.74, 6) is 2.28. The number of benzene rings is 2. The number of hydrogen-bond acceptors (Lipinski definition) is 6. The molecule has 28 heavy (non-hydrogen) atoms. The summed E-state index contributed by atoms with van der Waals surface area (Å²) in [5, 5.41) is 12.0. The van der Waals surface area contributed by atoms with Crippen LogP contribution in [0.5, 0.6) is 11.5 Å². The number of aryl methyl sites for hydroxylation is 1. The van der Waals surface area contributed by atoms with Gasteiger partial charge in [0.25, 0.3) is 0 Å². The van der Waals surface area contributed by atoms with Crippen molar-refractivity contribution < 1.29 is 14.3 Å². The summed E-state index contributed by atoms with van der Waals surface area (Å²) >= 11 is 1.36. The molecule has 0 saturated carbocycles. The number of carbonyl (C=O) groups is 1. The highest BCUT2D eigenvalue weighted by Gasteiger charge is 2.15. The second-order valence-corrected chi connectivity index (χ2v) is 7.24. The summed E-state index contributed by atoms with van der Waals surface area (Å²) in [4.78, 5) is 12.4. The quantitative estimate of drug-likeness (QED) is 0.645. The van der Waals surface area contributed by atoms with Crippen LogP contribution in [0.15, 0.2) is 53.7 Å². The minimum atomic E-state index is -0.117. The molecule has 4 rings (SSSR count). The van der Waals surface area contributed by atoms with Gasteiger partial charge in [-0.15, -0.1) is 10.2 Å². The molecule has 1 N–H and O–H groups in total. The first kappa shape index (κ1) is 18.4. The Labute approximate surface area is 167 Å². The first-order valence-corrected chi connectivity index (χ1v) is 9.93. The normalized spacial score (nSPS) is 12.6. The maximum atomic E-state index is 12.4. The van der Waals surface area contributed by atoms with Gasteiger partial charge in [-0.2, -0.15) is 0 Å². The minimum absolute atomic E-state index is 0.117. The summed E-state index contributed by atoms with van der Waals surface area (Å²) in [6, 6.07) is 15.5. The Morgan fingerprint density at radius 3 is 2.71 bits per heavy atom. The molecule has 0 spiro atoms. The van der Waals surface area contributed by atoms with E-state index >= 15 is 0 Å². The molecule has 0 unspecified atom stereocenters. The van der Waals surface area contributed by atoms with Gasteiger partial charge in [0.2, 0.25) is 5.91 Å². The highest BCUT2D eigenvalue weighted by Crippen LogP contribution is 2.32. The average Bonchev–Trinajstić information content (AvgIpc) is 3.06. The maximum absolute atomic E-state index is 12.4. The van der Waals surface area contributed by atoms with E-state index in [0.29, 0.717) is 36.9 Å². The fourth-order valence-corrected chi connectivity index (χ4v) is 3.65. The van der Waals surface area contributed by atoms with Gasteiger partial charge in [0.15, 0.2) is 16.7 Å². The third-order valence-electron chi connectivity index (χ3n) is 4.24. The van der Waals surface area contributed by atoms with Crippen molar-refractivity contribution in [2.75, 3.05) is 24.3 Å². The molecule has 1 aromatic heterocycles. The van der Waals surface area contributed by atoms with Crippen LogP contribution >= 0.6 is 11.8 Å². The number of carbonyl (C=O) groups excluding carboxylic acids is 1. The lowest BCUT2D eigenvalue weighted by Gasteiger charge is -2.19. The van der Waals surface area contributed by atoms with Crippen LogP contribution < -0.4 is 14.8 Å². The zero-order valence-electron chi connectivity index (χ0n) is 15.4. The van der Waals surface area contributed by atoms with Gasteiger partial charge in [0.1, 0.15) is 19.0 Å². The second-order valence-electron chi connectivity index (χ2n) is 6.30. The highest BCUT2D eigenvalue weighted by atomic mass is 32.2. The Morgan fingerprint density at radius 2 is 1.89 bits per heavy atom. The van der Waals surface area contributed by atoms with Crippen molar-refractivity contribution in [2.24, 2.45) is 0 Å². The third kappa shape index (κ3) is 4.28. The number of ether oxygens (including phenoxy) is 2. The number of amides is 1. The summed E-state index contributed by atoms with van der Waals surface area (Å²) in [6.45, 7) is 3.64. The number of rotatable bonds is 6. The van der Waals surface area contributed by atoms with Crippen LogP contribution in [0.4, 0.5) is 5.69 Å². The molecule has 0 radical (unpaired) electrons.